The van der Waals surface area contributed by atoms with Crippen molar-refractivity contribution >= 4 is 17.4 Å². The number of rotatable bonds is 9. The van der Waals surface area contributed by atoms with Gasteiger partial charge in [-0.15, -0.1) is 0 Å². The van der Waals surface area contributed by atoms with Crippen molar-refractivity contribution < 1.29 is 33.8 Å². The number of quaternary nitrogens is 1. The number of aliphatic hydroxyl groups excluding tert-OH is 1. The molecule has 0 spiro atoms. The minimum atomic E-state index is -0.792. The van der Waals surface area contributed by atoms with Gasteiger partial charge in [-0.05, 0) is 42.8 Å². The van der Waals surface area contributed by atoms with Crippen LogP contribution in [-0.2, 0) is 9.59 Å². The maximum Gasteiger partial charge on any atom is 0.295 e. The van der Waals surface area contributed by atoms with Gasteiger partial charge in [-0.25, -0.2) is 0 Å². The molecule has 1 atom stereocenters. The first-order chi connectivity index (χ1) is 16.2. The molecule has 1 aliphatic heterocycles. The summed E-state index contributed by atoms with van der Waals surface area (Å²) in [5.74, 6) is 0.111. The molecule has 0 saturated carbocycles. The Bertz CT molecular complexity index is 1110. The second-order valence-corrected chi connectivity index (χ2v) is 8.59. The number of amides is 1. The molecule has 2 aromatic carbocycles. The molecule has 0 aliphatic carbocycles. The normalized spacial score (nSPS) is 17.4. The van der Waals surface area contributed by atoms with E-state index in [1.807, 2.05) is 21.0 Å². The Morgan fingerprint density at radius 2 is 1.65 bits per heavy atom. The van der Waals surface area contributed by atoms with E-state index in [0.29, 0.717) is 41.3 Å². The highest BCUT2D eigenvalue weighted by atomic mass is 16.5. The highest BCUT2D eigenvalue weighted by Gasteiger charge is 2.47. The van der Waals surface area contributed by atoms with Crippen LogP contribution in [0.2, 0.25) is 0 Å². The minimum Gasteiger partial charge on any atom is -0.507 e. The van der Waals surface area contributed by atoms with Gasteiger partial charge in [-0.1, -0.05) is 0 Å². The van der Waals surface area contributed by atoms with Gasteiger partial charge in [-0.3, -0.25) is 9.59 Å². The first-order valence-corrected chi connectivity index (χ1v) is 11.2. The van der Waals surface area contributed by atoms with Crippen LogP contribution < -0.4 is 19.1 Å². The fraction of sp³-hybridized carbons (Fsp3) is 0.385. The molecule has 1 fully saturated rings. The van der Waals surface area contributed by atoms with Crippen molar-refractivity contribution in [2.45, 2.75) is 19.4 Å². The van der Waals surface area contributed by atoms with E-state index in [0.717, 1.165) is 12.1 Å². The molecule has 0 aromatic heterocycles. The standard InChI is InChI=1S/C26H32N2O6/c1-16-14-17(32-4)8-10-19(16)24(29)22-23(20-11-9-18(33-5)15-21(20)34-6)28(26(31)25(22)30)13-7-12-27(2)3/h8-11,14-15,23,29H,7,12-13H2,1-6H3/p+1. The fourth-order valence-electron chi connectivity index (χ4n) is 4.26. The molecule has 8 heteroatoms. The smallest absolute Gasteiger partial charge is 0.295 e. The molecule has 34 heavy (non-hydrogen) atoms. The average molecular weight is 470 g/mol. The number of carbonyl (C=O) groups excluding carboxylic acids is 2. The largest absolute Gasteiger partial charge is 0.507 e. The summed E-state index contributed by atoms with van der Waals surface area (Å²) in [5.41, 5.74) is 1.83. The van der Waals surface area contributed by atoms with Crippen molar-refractivity contribution in [3.8, 4) is 17.2 Å². The molecular formula is C26H33N2O6+. The molecule has 2 N–H and O–H groups in total. The quantitative estimate of drug-likeness (QED) is 0.332. The van der Waals surface area contributed by atoms with Crippen LogP contribution in [0, 0.1) is 6.92 Å². The van der Waals surface area contributed by atoms with Gasteiger partial charge in [-0.2, -0.15) is 0 Å². The van der Waals surface area contributed by atoms with Crippen LogP contribution in [0.25, 0.3) is 5.76 Å². The predicted molar refractivity (Wildman–Crippen MR) is 129 cm³/mol. The fourth-order valence-corrected chi connectivity index (χ4v) is 4.26. The number of ketones is 1. The van der Waals surface area contributed by atoms with Gasteiger partial charge in [0.15, 0.2) is 0 Å². The van der Waals surface area contributed by atoms with Crippen LogP contribution >= 0.6 is 0 Å². The van der Waals surface area contributed by atoms with Crippen LogP contribution in [-0.4, -0.2) is 70.2 Å². The van der Waals surface area contributed by atoms with E-state index < -0.39 is 17.7 Å². The highest BCUT2D eigenvalue weighted by molar-refractivity contribution is 6.46. The molecule has 3 rings (SSSR count). The second kappa shape index (κ2) is 10.6. The van der Waals surface area contributed by atoms with Crippen molar-refractivity contribution in [2.24, 2.45) is 0 Å². The van der Waals surface area contributed by atoms with Crippen molar-refractivity contribution in [2.75, 3.05) is 48.5 Å². The van der Waals surface area contributed by atoms with E-state index in [4.69, 9.17) is 14.2 Å². The number of hydrogen-bond donors (Lipinski definition) is 2. The van der Waals surface area contributed by atoms with Gasteiger partial charge in [0.2, 0.25) is 0 Å². The monoisotopic (exact) mass is 469 g/mol. The van der Waals surface area contributed by atoms with Gasteiger partial charge in [0.25, 0.3) is 11.7 Å². The maximum atomic E-state index is 13.3. The second-order valence-electron chi connectivity index (χ2n) is 8.59. The van der Waals surface area contributed by atoms with Crippen molar-refractivity contribution in [3.05, 3.63) is 58.7 Å². The number of carbonyl (C=O) groups is 2. The Morgan fingerprint density at radius 1 is 1.00 bits per heavy atom. The van der Waals surface area contributed by atoms with E-state index in [1.165, 1.54) is 16.9 Å². The molecule has 1 heterocycles. The average Bonchev–Trinajstić information content (AvgIpc) is 3.07. The number of aryl methyl sites for hydroxylation is 1. The molecule has 0 radical (unpaired) electrons. The first-order valence-electron chi connectivity index (χ1n) is 11.2. The van der Waals surface area contributed by atoms with E-state index >= 15 is 0 Å². The number of hydrogen-bond acceptors (Lipinski definition) is 6. The number of nitrogens with zero attached hydrogens (tertiary/aromatic N) is 1. The van der Waals surface area contributed by atoms with E-state index in [2.05, 4.69) is 0 Å². The number of likely N-dealkylation sites (tertiary alicyclic amines) is 1. The highest BCUT2D eigenvalue weighted by Crippen LogP contribution is 2.44. The summed E-state index contributed by atoms with van der Waals surface area (Å²) in [5, 5.41) is 11.3. The van der Waals surface area contributed by atoms with E-state index in [-0.39, 0.29) is 11.3 Å². The molecule has 1 unspecified atom stereocenters. The Hall–Kier alpha value is -3.52. The lowest BCUT2D eigenvalue weighted by atomic mass is 9.93. The lowest BCUT2D eigenvalue weighted by Gasteiger charge is -2.27. The van der Waals surface area contributed by atoms with Crippen LogP contribution in [0.5, 0.6) is 17.2 Å². The summed E-state index contributed by atoms with van der Waals surface area (Å²) < 4.78 is 16.2. The van der Waals surface area contributed by atoms with Crippen LogP contribution in [0.15, 0.2) is 42.0 Å². The van der Waals surface area contributed by atoms with Crippen LogP contribution in [0.3, 0.4) is 0 Å². The lowest BCUT2D eigenvalue weighted by Crippen LogP contribution is -3.05. The summed E-state index contributed by atoms with van der Waals surface area (Å²) in [6.45, 7) is 3.01. The van der Waals surface area contributed by atoms with Crippen molar-refractivity contribution in [3.63, 3.8) is 0 Å². The molecule has 1 amide bonds. The number of methoxy groups -OCH3 is 3. The lowest BCUT2D eigenvalue weighted by molar-refractivity contribution is -0.858. The zero-order chi connectivity index (χ0) is 25.0. The predicted octanol–water partition coefficient (Wildman–Crippen LogP) is 1.98. The van der Waals surface area contributed by atoms with Gasteiger partial charge in [0.1, 0.15) is 23.0 Å². The third kappa shape index (κ3) is 4.87. The summed E-state index contributed by atoms with van der Waals surface area (Å²) in [4.78, 5) is 29.2. The molecular weight excluding hydrogens is 436 g/mol. The molecule has 1 aliphatic rings. The van der Waals surface area contributed by atoms with E-state index in [1.54, 1.807) is 50.6 Å². The summed E-state index contributed by atoms with van der Waals surface area (Å²) >= 11 is 0. The van der Waals surface area contributed by atoms with Gasteiger partial charge < -0.3 is 29.1 Å². The Labute approximate surface area is 200 Å². The van der Waals surface area contributed by atoms with E-state index in [9.17, 15) is 14.7 Å². The Morgan fingerprint density at radius 3 is 2.24 bits per heavy atom. The zero-order valence-corrected chi connectivity index (χ0v) is 20.6. The van der Waals surface area contributed by atoms with Gasteiger partial charge in [0.05, 0.1) is 53.6 Å². The summed E-state index contributed by atoms with van der Waals surface area (Å²) in [7, 11) is 8.70. The number of aliphatic hydroxyl groups is 1. The molecule has 0 bridgehead atoms. The number of nitrogens with one attached hydrogen (secondary N) is 1. The summed E-state index contributed by atoms with van der Waals surface area (Å²) in [6.07, 6.45) is 0.700. The molecule has 8 nitrogen and oxygen atoms in total. The third-order valence-electron chi connectivity index (χ3n) is 6.04. The third-order valence-corrected chi connectivity index (χ3v) is 6.04. The molecule has 1 saturated heterocycles. The number of Topliss-reactive ketones (excluding diaryl/α,β-unsaturated/α-hetero) is 1. The Balaban J connectivity index is 2.19. The zero-order valence-electron chi connectivity index (χ0n) is 20.6. The topological polar surface area (TPSA) is 89.7 Å². The molecule has 2 aromatic rings. The first kappa shape index (κ1) is 25.1. The minimum absolute atomic E-state index is 0.0407. The van der Waals surface area contributed by atoms with Gasteiger partial charge in [0, 0.05) is 30.2 Å². The Kier molecular flexibility index (Phi) is 7.83. The van der Waals surface area contributed by atoms with Crippen LogP contribution in [0.1, 0.15) is 29.2 Å². The number of benzene rings is 2. The SMILES string of the molecule is COc1ccc(C(O)=C2C(=O)C(=O)N(CCC[NH+](C)C)C2c2ccc(OC)cc2OC)c(C)c1. The summed E-state index contributed by atoms with van der Waals surface area (Å²) in [6, 6.07) is 9.61. The van der Waals surface area contributed by atoms with Gasteiger partial charge >= 0.3 is 0 Å². The number of ether oxygens (including phenoxy) is 3. The van der Waals surface area contributed by atoms with Crippen LogP contribution in [0.4, 0.5) is 0 Å². The van der Waals surface area contributed by atoms with Crippen molar-refractivity contribution in [1.82, 2.24) is 4.90 Å². The maximum absolute atomic E-state index is 13.3. The molecule has 182 valence electrons. The van der Waals surface area contributed by atoms with Crippen molar-refractivity contribution in [1.29, 1.82) is 0 Å².